The molecule has 0 bridgehead atoms. The van der Waals surface area contributed by atoms with Gasteiger partial charge < -0.3 is 5.48 Å². The van der Waals surface area contributed by atoms with Crippen LogP contribution in [0, 0.1) is 0 Å². The van der Waals surface area contributed by atoms with Crippen LogP contribution in [0.25, 0.3) is 0 Å². The molecule has 1 nitrogen and oxygen atoms in total. The molecule has 0 aromatic rings. The van der Waals surface area contributed by atoms with Gasteiger partial charge in [-0.25, -0.2) is 0 Å². The van der Waals surface area contributed by atoms with Gasteiger partial charge >= 0.3 is 0 Å². The lowest BCUT2D eigenvalue weighted by Gasteiger charge is -1.79. The third-order valence-corrected chi connectivity index (χ3v) is 0.707. The minimum Gasteiger partial charge on any atom is -0.412 e. The predicted octanol–water partition coefficient (Wildman–Crippen LogP) is 5.34. The smallest absolute Gasteiger partial charge is 0.180 e. The summed E-state index contributed by atoms with van der Waals surface area (Å²) in [6.45, 7) is 4.42. The largest absolute Gasteiger partial charge is 0.412 e. The van der Waals surface area contributed by atoms with Gasteiger partial charge in [-0.2, -0.15) is 0 Å². The molecule has 0 radical (unpaired) electrons. The molecular weight excluding hydrogens is 313 g/mol. The van der Waals surface area contributed by atoms with Gasteiger partial charge in [-0.15, -0.1) is 0 Å². The normalized spacial score (nSPS) is 8.14. The maximum absolute atomic E-state index is 4.81. The van der Waals surface area contributed by atoms with Crippen LogP contribution in [0.5, 0.6) is 0 Å². The molecule has 92 valence electrons. The number of alkyl halides is 6. The molecule has 0 fully saturated rings. The van der Waals surface area contributed by atoms with Crippen LogP contribution in [0.2, 0.25) is 0 Å². The van der Waals surface area contributed by atoms with E-state index in [2.05, 4.69) is 13.8 Å². The molecule has 0 heterocycles. The van der Waals surface area contributed by atoms with Crippen LogP contribution in [0.4, 0.5) is 0 Å². The van der Waals surface area contributed by atoms with Crippen molar-refractivity contribution in [2.45, 2.75) is 41.7 Å². The van der Waals surface area contributed by atoms with Crippen LogP contribution in [-0.2, 0) is 0 Å². The summed E-state index contributed by atoms with van der Waals surface area (Å²) in [5, 5.41) is 0. The van der Waals surface area contributed by atoms with Crippen LogP contribution in [0.15, 0.2) is 0 Å². The highest BCUT2D eigenvalue weighted by Crippen LogP contribution is 2.04. The van der Waals surface area contributed by atoms with Crippen LogP contribution >= 0.6 is 69.6 Å². The lowest BCUT2D eigenvalue weighted by molar-refractivity contribution is 0.772. The van der Waals surface area contributed by atoms with Crippen molar-refractivity contribution in [3.63, 3.8) is 0 Å². The summed E-state index contributed by atoms with van der Waals surface area (Å²) in [6.07, 6.45) is 4.08. The molecule has 2 N–H and O–H groups in total. The summed E-state index contributed by atoms with van der Waals surface area (Å²) < 4.78 is -1.50. The second-order valence-electron chi connectivity index (χ2n) is 1.85. The molecule has 0 unspecified atom stereocenters. The Balaban J connectivity index is -0.0000000522. The SMILES string of the molecule is CCCCC.ClC(Cl)Cl.ClC(Cl)Cl.O. The van der Waals surface area contributed by atoms with E-state index in [4.69, 9.17) is 69.6 Å². The first-order chi connectivity index (χ1) is 5.88. The Morgan fingerprint density at radius 2 is 0.857 bits per heavy atom. The monoisotopic (exact) mass is 326 g/mol. The third-order valence-electron chi connectivity index (χ3n) is 0.707. The first-order valence-corrected chi connectivity index (χ1v) is 6.34. The topological polar surface area (TPSA) is 31.5 Å². The fourth-order valence-corrected chi connectivity index (χ4v) is 0.354. The Morgan fingerprint density at radius 3 is 0.857 bits per heavy atom. The van der Waals surface area contributed by atoms with E-state index >= 15 is 0 Å². The minimum absolute atomic E-state index is 0. The average molecular weight is 329 g/mol. The third kappa shape index (κ3) is 161. The lowest BCUT2D eigenvalue weighted by Crippen LogP contribution is -1.59. The maximum Gasteiger partial charge on any atom is 0.180 e. The van der Waals surface area contributed by atoms with Crippen molar-refractivity contribution < 1.29 is 5.48 Å². The fourth-order valence-electron chi connectivity index (χ4n) is 0.354. The van der Waals surface area contributed by atoms with E-state index in [9.17, 15) is 0 Å². The van der Waals surface area contributed by atoms with Crippen molar-refractivity contribution in [1.82, 2.24) is 0 Å². The van der Waals surface area contributed by atoms with Crippen molar-refractivity contribution in [3.05, 3.63) is 0 Å². The molecule has 0 aliphatic carbocycles. The summed E-state index contributed by atoms with van der Waals surface area (Å²) in [7, 11) is 0. The van der Waals surface area contributed by atoms with Gasteiger partial charge in [-0.05, 0) is 0 Å². The molecule has 0 saturated heterocycles. The Morgan fingerprint density at radius 1 is 0.714 bits per heavy atom. The fraction of sp³-hybridized carbons (Fsp3) is 1.00. The highest BCUT2D eigenvalue weighted by Gasteiger charge is 1.79. The van der Waals surface area contributed by atoms with Gasteiger partial charge in [0.2, 0.25) is 0 Å². The Labute approximate surface area is 116 Å². The van der Waals surface area contributed by atoms with E-state index < -0.39 is 8.59 Å². The van der Waals surface area contributed by atoms with Crippen LogP contribution in [0.1, 0.15) is 33.1 Å². The molecule has 0 aromatic carbocycles. The van der Waals surface area contributed by atoms with E-state index in [-0.39, 0.29) is 5.48 Å². The number of unbranched alkanes of at least 4 members (excludes halogenated alkanes) is 2. The molecule has 0 spiro atoms. The average Bonchev–Trinajstić information content (AvgIpc) is 1.86. The number of hydrogen-bond donors (Lipinski definition) is 0. The molecule has 7 heteroatoms. The van der Waals surface area contributed by atoms with E-state index in [0.29, 0.717) is 0 Å². The number of halogens is 6. The molecule has 14 heavy (non-hydrogen) atoms. The van der Waals surface area contributed by atoms with Gasteiger partial charge in [0.15, 0.2) is 8.59 Å². The van der Waals surface area contributed by atoms with Gasteiger partial charge in [-0.3, -0.25) is 0 Å². The van der Waals surface area contributed by atoms with Gasteiger partial charge in [0.25, 0.3) is 0 Å². The summed E-state index contributed by atoms with van der Waals surface area (Å²) in [5.74, 6) is 0. The van der Waals surface area contributed by atoms with Crippen molar-refractivity contribution in [1.29, 1.82) is 0 Å². The van der Waals surface area contributed by atoms with Crippen LogP contribution in [0.3, 0.4) is 0 Å². The highest BCUT2D eigenvalue weighted by atomic mass is 35.6. The first-order valence-electron chi connectivity index (χ1n) is 3.72. The summed E-state index contributed by atoms with van der Waals surface area (Å²) in [4.78, 5) is 0. The van der Waals surface area contributed by atoms with E-state index in [1.807, 2.05) is 0 Å². The minimum atomic E-state index is -0.750. The van der Waals surface area contributed by atoms with E-state index in [1.54, 1.807) is 0 Å². The number of hydrogen-bond acceptors (Lipinski definition) is 0. The first kappa shape index (κ1) is 24.8. The standard InChI is InChI=1S/C5H12.2CHCl3.H2O/c1-3-5-4-2;2*2-1(3)4;/h3-5H2,1-2H3;2*1H;1H2. The van der Waals surface area contributed by atoms with Gasteiger partial charge in [0.1, 0.15) is 0 Å². The zero-order chi connectivity index (χ0) is 11.3. The molecule has 0 atom stereocenters. The Hall–Kier alpha value is 1.70. The molecular formula is C7H16Cl6O. The van der Waals surface area contributed by atoms with Crippen molar-refractivity contribution >= 4 is 69.6 Å². The lowest BCUT2D eigenvalue weighted by atomic mass is 10.3. The second-order valence-corrected chi connectivity index (χ2v) is 5.81. The molecule has 0 rings (SSSR count). The van der Waals surface area contributed by atoms with Gasteiger partial charge in [0, 0.05) is 0 Å². The quantitative estimate of drug-likeness (QED) is 0.612. The molecule has 0 aliphatic rings. The van der Waals surface area contributed by atoms with Gasteiger partial charge in [0.05, 0.1) is 0 Å². The second kappa shape index (κ2) is 24.1. The van der Waals surface area contributed by atoms with Crippen LogP contribution < -0.4 is 0 Å². The van der Waals surface area contributed by atoms with Crippen molar-refractivity contribution in [2.24, 2.45) is 0 Å². The molecule has 0 aromatic heterocycles. The zero-order valence-electron chi connectivity index (χ0n) is 8.04. The van der Waals surface area contributed by atoms with Gasteiger partial charge in [-0.1, -0.05) is 103 Å². The van der Waals surface area contributed by atoms with Crippen LogP contribution in [-0.4, -0.2) is 14.1 Å². The van der Waals surface area contributed by atoms with E-state index in [1.165, 1.54) is 19.3 Å². The molecule has 0 aliphatic heterocycles. The van der Waals surface area contributed by atoms with E-state index in [0.717, 1.165) is 0 Å². The summed E-state index contributed by atoms with van der Waals surface area (Å²) >= 11 is 28.8. The Bertz CT molecular complexity index is 57.7. The molecule has 0 saturated carbocycles. The number of rotatable bonds is 2. The summed E-state index contributed by atoms with van der Waals surface area (Å²) in [5.41, 5.74) is 0. The summed E-state index contributed by atoms with van der Waals surface area (Å²) in [6, 6.07) is 0. The maximum atomic E-state index is 4.81. The predicted molar refractivity (Wildman–Crippen MR) is 71.5 cm³/mol. The highest BCUT2D eigenvalue weighted by molar-refractivity contribution is 6.63. The molecule has 0 amide bonds. The van der Waals surface area contributed by atoms with Crippen molar-refractivity contribution in [3.8, 4) is 0 Å². The Kier molecular flexibility index (Phi) is 42.7. The van der Waals surface area contributed by atoms with Crippen molar-refractivity contribution in [2.75, 3.05) is 0 Å². The zero-order valence-corrected chi connectivity index (χ0v) is 12.6.